The van der Waals surface area contributed by atoms with E-state index in [4.69, 9.17) is 5.73 Å². The van der Waals surface area contributed by atoms with E-state index in [1.54, 1.807) is 18.5 Å². The van der Waals surface area contributed by atoms with Gasteiger partial charge in [0.15, 0.2) is 5.96 Å². The molecule has 0 radical (unpaired) electrons. The van der Waals surface area contributed by atoms with Crippen LogP contribution in [0, 0.1) is 11.8 Å². The van der Waals surface area contributed by atoms with Crippen molar-refractivity contribution in [3.8, 4) is 0 Å². The van der Waals surface area contributed by atoms with Crippen LogP contribution in [0.2, 0.25) is 0 Å². The molecule has 1 aliphatic carbocycles. The molecule has 0 spiro atoms. The van der Waals surface area contributed by atoms with Gasteiger partial charge in [-0.1, -0.05) is 12.8 Å². The molecule has 2 N–H and O–H groups in total. The maximum Gasteiger partial charge on any atom is 0.392 e. The predicted molar refractivity (Wildman–Crippen MR) is 109 cm³/mol. The van der Waals surface area contributed by atoms with Crippen molar-refractivity contribution in [3.63, 3.8) is 0 Å². The third kappa shape index (κ3) is 5.82. The number of halogens is 4. The summed E-state index contributed by atoms with van der Waals surface area (Å²) in [7, 11) is 0. The number of alkyl halides is 3. The lowest BCUT2D eigenvalue weighted by atomic mass is 9.79. The van der Waals surface area contributed by atoms with Crippen molar-refractivity contribution in [2.24, 2.45) is 22.6 Å². The van der Waals surface area contributed by atoms with Gasteiger partial charge in [-0.25, -0.2) is 9.97 Å². The molecule has 152 valence electrons. The summed E-state index contributed by atoms with van der Waals surface area (Å²) in [6.07, 6.45) is 1.51. The highest BCUT2D eigenvalue weighted by Gasteiger charge is 2.45. The zero-order chi connectivity index (χ0) is 18.6. The normalized spacial score (nSPS) is 24.5. The predicted octanol–water partition coefficient (Wildman–Crippen LogP) is 2.90. The second kappa shape index (κ2) is 9.74. The summed E-state index contributed by atoms with van der Waals surface area (Å²) >= 11 is 0. The third-order valence-electron chi connectivity index (χ3n) is 5.26. The largest absolute Gasteiger partial charge is 0.392 e. The standard InChI is InChI=1S/C17H25F3N6.HI/c18-17(19,20)14-5-2-1-4-13(14)12-24-15(21)25-8-10-26(11-9-25)16-22-6-3-7-23-16;/h3,6-7,13-14H,1-2,4-5,8-12H2,(H2,21,24);1H. The monoisotopic (exact) mass is 498 g/mol. The minimum Gasteiger partial charge on any atom is -0.370 e. The Hall–Kier alpha value is -1.33. The van der Waals surface area contributed by atoms with Crippen molar-refractivity contribution in [1.82, 2.24) is 14.9 Å². The van der Waals surface area contributed by atoms with Crippen LogP contribution in [0.3, 0.4) is 0 Å². The topological polar surface area (TPSA) is 70.6 Å². The van der Waals surface area contributed by atoms with Crippen molar-refractivity contribution in [3.05, 3.63) is 18.5 Å². The number of nitrogens with two attached hydrogens (primary N) is 1. The molecular weight excluding hydrogens is 472 g/mol. The molecule has 1 saturated carbocycles. The molecule has 3 rings (SSSR count). The van der Waals surface area contributed by atoms with E-state index in [0.29, 0.717) is 50.9 Å². The molecule has 10 heteroatoms. The van der Waals surface area contributed by atoms with Gasteiger partial charge in [-0.05, 0) is 24.8 Å². The van der Waals surface area contributed by atoms with Crippen LogP contribution in [0.5, 0.6) is 0 Å². The van der Waals surface area contributed by atoms with Crippen molar-refractivity contribution >= 4 is 35.9 Å². The number of hydrogen-bond donors (Lipinski definition) is 1. The molecule has 1 aromatic heterocycles. The maximum absolute atomic E-state index is 13.2. The average Bonchev–Trinajstić information content (AvgIpc) is 2.66. The third-order valence-corrected chi connectivity index (χ3v) is 5.26. The Balaban J connectivity index is 0.00000261. The summed E-state index contributed by atoms with van der Waals surface area (Å²) in [5, 5.41) is 0. The van der Waals surface area contributed by atoms with Crippen LogP contribution in [-0.2, 0) is 0 Å². The zero-order valence-corrected chi connectivity index (χ0v) is 17.4. The first kappa shape index (κ1) is 22.0. The number of piperazine rings is 1. The van der Waals surface area contributed by atoms with E-state index >= 15 is 0 Å². The fourth-order valence-corrected chi connectivity index (χ4v) is 3.76. The Morgan fingerprint density at radius 1 is 1.11 bits per heavy atom. The number of nitrogens with zero attached hydrogens (tertiary/aromatic N) is 5. The molecule has 27 heavy (non-hydrogen) atoms. The number of anilines is 1. The molecule has 2 heterocycles. The molecule has 6 nitrogen and oxygen atoms in total. The van der Waals surface area contributed by atoms with Crippen LogP contribution in [0.15, 0.2) is 23.5 Å². The minimum absolute atomic E-state index is 0. The first-order valence-electron chi connectivity index (χ1n) is 9.08. The number of aliphatic imine (C=N–C) groups is 1. The lowest BCUT2D eigenvalue weighted by Crippen LogP contribution is -2.51. The fourth-order valence-electron chi connectivity index (χ4n) is 3.76. The van der Waals surface area contributed by atoms with Crippen molar-refractivity contribution in [2.75, 3.05) is 37.6 Å². The van der Waals surface area contributed by atoms with E-state index in [1.807, 2.05) is 4.90 Å². The highest BCUT2D eigenvalue weighted by molar-refractivity contribution is 14.0. The van der Waals surface area contributed by atoms with Gasteiger partial charge in [0.05, 0.1) is 5.92 Å². The molecular formula is C17H26F3IN6. The smallest absolute Gasteiger partial charge is 0.370 e. The zero-order valence-electron chi connectivity index (χ0n) is 15.1. The minimum atomic E-state index is -4.14. The Morgan fingerprint density at radius 2 is 1.74 bits per heavy atom. The van der Waals surface area contributed by atoms with Gasteiger partial charge in [-0.2, -0.15) is 13.2 Å². The van der Waals surface area contributed by atoms with E-state index in [0.717, 1.165) is 6.42 Å². The Morgan fingerprint density at radius 3 is 2.37 bits per heavy atom. The Labute approximate surface area is 174 Å². The highest BCUT2D eigenvalue weighted by Crippen LogP contribution is 2.41. The number of aromatic nitrogens is 2. The lowest BCUT2D eigenvalue weighted by molar-refractivity contribution is -0.195. The molecule has 2 unspecified atom stereocenters. The van der Waals surface area contributed by atoms with Gasteiger partial charge < -0.3 is 15.5 Å². The summed E-state index contributed by atoms with van der Waals surface area (Å²) in [5.41, 5.74) is 6.05. The second-order valence-electron chi connectivity index (χ2n) is 6.91. The van der Waals surface area contributed by atoms with E-state index in [2.05, 4.69) is 19.9 Å². The number of hydrogen-bond acceptors (Lipinski definition) is 4. The van der Waals surface area contributed by atoms with E-state index in [9.17, 15) is 13.2 Å². The summed E-state index contributed by atoms with van der Waals surface area (Å²) in [6.45, 7) is 2.86. The summed E-state index contributed by atoms with van der Waals surface area (Å²) in [6, 6.07) is 1.77. The van der Waals surface area contributed by atoms with Crippen LogP contribution >= 0.6 is 24.0 Å². The van der Waals surface area contributed by atoms with Gasteiger partial charge in [0, 0.05) is 45.1 Å². The Bertz CT molecular complexity index is 604. The number of guanidine groups is 1. The van der Waals surface area contributed by atoms with Gasteiger partial charge in [-0.15, -0.1) is 24.0 Å². The van der Waals surface area contributed by atoms with Crippen molar-refractivity contribution in [1.29, 1.82) is 0 Å². The molecule has 2 aliphatic rings. The molecule has 2 atom stereocenters. The summed E-state index contributed by atoms with van der Waals surface area (Å²) in [5.74, 6) is -0.691. The van der Waals surface area contributed by atoms with Gasteiger partial charge in [0.25, 0.3) is 0 Å². The summed E-state index contributed by atoms with van der Waals surface area (Å²) < 4.78 is 39.5. The fraction of sp³-hybridized carbons (Fsp3) is 0.706. The number of rotatable bonds is 3. The van der Waals surface area contributed by atoms with Crippen molar-refractivity contribution < 1.29 is 13.2 Å². The molecule has 0 amide bonds. The highest BCUT2D eigenvalue weighted by atomic mass is 127. The quantitative estimate of drug-likeness (QED) is 0.395. The molecule has 2 fully saturated rings. The van der Waals surface area contributed by atoms with E-state index < -0.39 is 18.0 Å². The Kier molecular flexibility index (Phi) is 7.92. The van der Waals surface area contributed by atoms with E-state index in [1.165, 1.54) is 0 Å². The van der Waals surface area contributed by atoms with Gasteiger partial charge in [0.2, 0.25) is 5.95 Å². The van der Waals surface area contributed by atoms with Crippen LogP contribution in [0.1, 0.15) is 25.7 Å². The first-order chi connectivity index (χ1) is 12.4. The molecule has 1 aliphatic heterocycles. The van der Waals surface area contributed by atoms with E-state index in [-0.39, 0.29) is 36.9 Å². The van der Waals surface area contributed by atoms with Crippen LogP contribution < -0.4 is 10.6 Å². The maximum atomic E-state index is 13.2. The van der Waals surface area contributed by atoms with Crippen LogP contribution in [-0.4, -0.2) is 59.7 Å². The van der Waals surface area contributed by atoms with Gasteiger partial charge >= 0.3 is 6.18 Å². The van der Waals surface area contributed by atoms with Crippen LogP contribution in [0.25, 0.3) is 0 Å². The van der Waals surface area contributed by atoms with Crippen LogP contribution in [0.4, 0.5) is 19.1 Å². The SMILES string of the molecule is I.NC(=NCC1CCCCC1C(F)(F)F)N1CCN(c2ncccn2)CC1. The summed E-state index contributed by atoms with van der Waals surface area (Å²) in [4.78, 5) is 16.7. The molecule has 0 bridgehead atoms. The van der Waals surface area contributed by atoms with Gasteiger partial charge in [-0.3, -0.25) is 4.99 Å². The molecule has 1 aromatic rings. The molecule has 0 aromatic carbocycles. The lowest BCUT2D eigenvalue weighted by Gasteiger charge is -2.36. The molecule has 1 saturated heterocycles. The average molecular weight is 498 g/mol. The van der Waals surface area contributed by atoms with Crippen molar-refractivity contribution in [2.45, 2.75) is 31.9 Å². The second-order valence-corrected chi connectivity index (χ2v) is 6.91. The van der Waals surface area contributed by atoms with Gasteiger partial charge in [0.1, 0.15) is 0 Å². The first-order valence-corrected chi connectivity index (χ1v) is 9.08.